The summed E-state index contributed by atoms with van der Waals surface area (Å²) in [5.41, 5.74) is 3.71. The predicted octanol–water partition coefficient (Wildman–Crippen LogP) is 4.10. The lowest BCUT2D eigenvalue weighted by atomic mass is 9.94. The zero-order chi connectivity index (χ0) is 26.3. The molecular formula is C29H26N2O6. The molecule has 3 aromatic rings. The summed E-state index contributed by atoms with van der Waals surface area (Å²) in [6.07, 6.45) is 0.701. The van der Waals surface area contributed by atoms with Crippen LogP contribution in [0.1, 0.15) is 33.1 Å². The van der Waals surface area contributed by atoms with Crippen molar-refractivity contribution >= 4 is 34.8 Å². The van der Waals surface area contributed by atoms with Gasteiger partial charge in [-0.3, -0.25) is 14.5 Å². The lowest BCUT2D eigenvalue weighted by molar-refractivity contribution is -0.132. The molecule has 2 aliphatic heterocycles. The van der Waals surface area contributed by atoms with Crippen LogP contribution in [0.15, 0.2) is 72.3 Å². The van der Waals surface area contributed by atoms with E-state index < -0.39 is 23.7 Å². The fraction of sp³-hybridized carbons (Fsp3) is 0.207. The summed E-state index contributed by atoms with van der Waals surface area (Å²) in [5.74, 6) is -1.56. The number of aliphatic hydroxyl groups is 1. The number of benzene rings is 3. The first-order chi connectivity index (χ1) is 17.8. The normalized spacial score (nSPS) is 17.9. The lowest BCUT2D eigenvalue weighted by Crippen LogP contribution is -2.29. The summed E-state index contributed by atoms with van der Waals surface area (Å²) in [4.78, 5) is 42.0. The molecule has 1 fully saturated rings. The number of methoxy groups -OCH3 is 1. The van der Waals surface area contributed by atoms with Gasteiger partial charge in [0.1, 0.15) is 11.5 Å². The van der Waals surface area contributed by atoms with E-state index in [1.54, 1.807) is 30.3 Å². The maximum atomic E-state index is 13.4. The fourth-order valence-electron chi connectivity index (χ4n) is 4.73. The van der Waals surface area contributed by atoms with Crippen molar-refractivity contribution < 1.29 is 29.0 Å². The van der Waals surface area contributed by atoms with Crippen LogP contribution in [0.4, 0.5) is 11.4 Å². The zero-order valence-corrected chi connectivity index (χ0v) is 20.7. The number of esters is 1. The summed E-state index contributed by atoms with van der Waals surface area (Å²) < 4.78 is 10.3. The highest BCUT2D eigenvalue weighted by Crippen LogP contribution is 2.43. The Morgan fingerprint density at radius 2 is 1.68 bits per heavy atom. The summed E-state index contributed by atoms with van der Waals surface area (Å²) in [7, 11) is 5.13. The van der Waals surface area contributed by atoms with Crippen molar-refractivity contribution in [3.8, 4) is 5.75 Å². The molecule has 0 aromatic heterocycles. The number of ether oxygens (including phenoxy) is 2. The van der Waals surface area contributed by atoms with Crippen LogP contribution in [0.2, 0.25) is 0 Å². The second-order valence-corrected chi connectivity index (χ2v) is 9.11. The van der Waals surface area contributed by atoms with Crippen LogP contribution < -0.4 is 14.5 Å². The van der Waals surface area contributed by atoms with E-state index in [2.05, 4.69) is 0 Å². The van der Waals surface area contributed by atoms with Gasteiger partial charge in [-0.1, -0.05) is 12.1 Å². The molecule has 8 nitrogen and oxygen atoms in total. The van der Waals surface area contributed by atoms with E-state index in [4.69, 9.17) is 9.47 Å². The first-order valence-corrected chi connectivity index (χ1v) is 11.8. The molecule has 1 saturated heterocycles. The molecule has 1 N–H and O–H groups in total. The van der Waals surface area contributed by atoms with Crippen molar-refractivity contribution in [2.75, 3.05) is 37.6 Å². The van der Waals surface area contributed by atoms with Crippen LogP contribution in [0, 0.1) is 0 Å². The second-order valence-electron chi connectivity index (χ2n) is 9.11. The van der Waals surface area contributed by atoms with E-state index in [1.165, 1.54) is 24.1 Å². The third-order valence-corrected chi connectivity index (χ3v) is 6.70. The maximum Gasteiger partial charge on any atom is 0.337 e. The average molecular weight is 499 g/mol. The van der Waals surface area contributed by atoms with Crippen LogP contribution in [-0.4, -0.2) is 50.6 Å². The Morgan fingerprint density at radius 3 is 2.32 bits per heavy atom. The number of aliphatic hydroxyl groups excluding tert-OH is 1. The smallest absolute Gasteiger partial charge is 0.337 e. The number of hydrogen-bond donors (Lipinski definition) is 1. The van der Waals surface area contributed by atoms with Gasteiger partial charge in [0.15, 0.2) is 0 Å². The number of carbonyl (C=O) groups is 3. The summed E-state index contributed by atoms with van der Waals surface area (Å²) in [5, 5.41) is 11.4. The topological polar surface area (TPSA) is 96.4 Å². The standard InChI is InChI=1S/C29H26N2O6/c1-30(2)21-9-4-17(5-10-21)25-24(26(32)20-8-13-23-19(16-20)14-15-37-23)27(33)28(34)31(25)22-11-6-18(7-12-22)29(35)36-3/h4-13,16,25,32H,14-15H2,1-3H3/b26-24-. The van der Waals surface area contributed by atoms with Gasteiger partial charge in [-0.25, -0.2) is 4.79 Å². The van der Waals surface area contributed by atoms with Gasteiger partial charge in [0.25, 0.3) is 11.7 Å². The Bertz CT molecular complexity index is 1420. The zero-order valence-electron chi connectivity index (χ0n) is 20.7. The molecule has 0 bridgehead atoms. The summed E-state index contributed by atoms with van der Waals surface area (Å²) in [6.45, 7) is 0.559. The molecule has 0 spiro atoms. The number of ketones is 1. The highest BCUT2D eigenvalue weighted by atomic mass is 16.5. The third-order valence-electron chi connectivity index (χ3n) is 6.70. The van der Waals surface area contributed by atoms with Crippen molar-refractivity contribution in [1.29, 1.82) is 0 Å². The number of nitrogens with zero attached hydrogens (tertiary/aromatic N) is 2. The van der Waals surface area contributed by atoms with Gasteiger partial charge in [0.2, 0.25) is 0 Å². The van der Waals surface area contributed by atoms with Crippen LogP contribution in [0.5, 0.6) is 5.75 Å². The van der Waals surface area contributed by atoms with E-state index in [0.717, 1.165) is 17.0 Å². The molecule has 37 heavy (non-hydrogen) atoms. The number of carbonyl (C=O) groups excluding carboxylic acids is 3. The van der Waals surface area contributed by atoms with E-state index >= 15 is 0 Å². The Balaban J connectivity index is 1.65. The molecule has 1 atom stereocenters. The maximum absolute atomic E-state index is 13.4. The SMILES string of the molecule is COC(=O)c1ccc(N2C(=O)C(=O)/C(=C(\O)c3ccc4c(c3)CCO4)C2c2ccc(N(C)C)cc2)cc1. The van der Waals surface area contributed by atoms with Crippen molar-refractivity contribution in [2.45, 2.75) is 12.5 Å². The van der Waals surface area contributed by atoms with Gasteiger partial charge in [-0.15, -0.1) is 0 Å². The number of Topliss-reactive ketones (excluding diaryl/α,β-unsaturated/α-hetero) is 1. The minimum Gasteiger partial charge on any atom is -0.507 e. The molecule has 2 aliphatic rings. The largest absolute Gasteiger partial charge is 0.507 e. The molecule has 0 saturated carbocycles. The summed E-state index contributed by atoms with van der Waals surface area (Å²) in [6, 6.07) is 18.1. The number of rotatable bonds is 5. The Labute approximate surface area is 214 Å². The highest BCUT2D eigenvalue weighted by molar-refractivity contribution is 6.51. The monoisotopic (exact) mass is 498 g/mol. The van der Waals surface area contributed by atoms with E-state index in [0.29, 0.717) is 35.4 Å². The van der Waals surface area contributed by atoms with E-state index in [1.807, 2.05) is 43.3 Å². The molecule has 5 rings (SSSR count). The van der Waals surface area contributed by atoms with Crippen molar-refractivity contribution in [3.05, 3.63) is 94.6 Å². The van der Waals surface area contributed by atoms with Gasteiger partial charge >= 0.3 is 5.97 Å². The minimum absolute atomic E-state index is 0.00138. The van der Waals surface area contributed by atoms with E-state index in [-0.39, 0.29) is 11.3 Å². The summed E-state index contributed by atoms with van der Waals surface area (Å²) >= 11 is 0. The third kappa shape index (κ3) is 4.20. The molecule has 3 aromatic carbocycles. The van der Waals surface area contributed by atoms with Crippen LogP contribution in [0.25, 0.3) is 5.76 Å². The highest BCUT2D eigenvalue weighted by Gasteiger charge is 2.47. The molecule has 188 valence electrons. The molecular weight excluding hydrogens is 472 g/mol. The first-order valence-electron chi connectivity index (χ1n) is 11.8. The van der Waals surface area contributed by atoms with Gasteiger partial charge in [0, 0.05) is 37.5 Å². The molecule has 8 heteroatoms. The fourth-order valence-corrected chi connectivity index (χ4v) is 4.73. The van der Waals surface area contributed by atoms with Gasteiger partial charge in [0.05, 0.1) is 30.9 Å². The van der Waals surface area contributed by atoms with Gasteiger partial charge in [-0.05, 0) is 65.7 Å². The van der Waals surface area contributed by atoms with Crippen molar-refractivity contribution in [2.24, 2.45) is 0 Å². The number of anilines is 2. The molecule has 0 aliphatic carbocycles. The molecule has 0 radical (unpaired) electrons. The minimum atomic E-state index is -0.871. The predicted molar refractivity (Wildman–Crippen MR) is 139 cm³/mol. The molecule has 1 unspecified atom stereocenters. The quantitative estimate of drug-likeness (QED) is 0.245. The Hall–Kier alpha value is -4.59. The lowest BCUT2D eigenvalue weighted by Gasteiger charge is -2.26. The van der Waals surface area contributed by atoms with Crippen LogP contribution >= 0.6 is 0 Å². The molecule has 2 heterocycles. The Kier molecular flexibility index (Phi) is 6.17. The first kappa shape index (κ1) is 24.1. The second kappa shape index (κ2) is 9.46. The van der Waals surface area contributed by atoms with Crippen LogP contribution in [0.3, 0.4) is 0 Å². The molecule has 1 amide bonds. The van der Waals surface area contributed by atoms with Crippen molar-refractivity contribution in [1.82, 2.24) is 0 Å². The number of amides is 1. The van der Waals surface area contributed by atoms with E-state index in [9.17, 15) is 19.5 Å². The van der Waals surface area contributed by atoms with Crippen molar-refractivity contribution in [3.63, 3.8) is 0 Å². The van der Waals surface area contributed by atoms with Gasteiger partial charge < -0.3 is 19.5 Å². The number of fused-ring (bicyclic) bond motifs is 1. The van der Waals surface area contributed by atoms with Crippen LogP contribution in [-0.2, 0) is 20.7 Å². The average Bonchev–Trinajstić information content (AvgIpc) is 3.49. The Morgan fingerprint density at radius 1 is 1.00 bits per heavy atom. The number of hydrogen-bond acceptors (Lipinski definition) is 7. The van der Waals surface area contributed by atoms with Gasteiger partial charge in [-0.2, -0.15) is 0 Å².